The summed E-state index contributed by atoms with van der Waals surface area (Å²) in [4.78, 5) is 45.8. The molecule has 0 saturated carbocycles. The van der Waals surface area contributed by atoms with E-state index in [0.717, 1.165) is 40.6 Å². The van der Waals surface area contributed by atoms with Crippen molar-refractivity contribution in [3.8, 4) is 0 Å². The van der Waals surface area contributed by atoms with Crippen molar-refractivity contribution in [1.29, 1.82) is 0 Å². The van der Waals surface area contributed by atoms with Crippen molar-refractivity contribution in [2.24, 2.45) is 10.9 Å². The maximum absolute atomic E-state index is 12.7. The molecule has 30 heavy (non-hydrogen) atoms. The van der Waals surface area contributed by atoms with Crippen LogP contribution in [0.15, 0.2) is 47.1 Å². The van der Waals surface area contributed by atoms with Gasteiger partial charge < -0.3 is 4.98 Å². The molecule has 4 amide bonds. The van der Waals surface area contributed by atoms with Crippen LogP contribution < -0.4 is 5.32 Å². The Bertz CT molecular complexity index is 1020. The minimum absolute atomic E-state index is 0.295. The molecule has 0 spiro atoms. The van der Waals surface area contributed by atoms with Gasteiger partial charge in [0.2, 0.25) is 11.8 Å². The number of nitrogens with one attached hydrogen (secondary N) is 2. The third-order valence-corrected chi connectivity index (χ3v) is 5.77. The summed E-state index contributed by atoms with van der Waals surface area (Å²) >= 11 is 0. The molecule has 1 saturated heterocycles. The number of amides is 4. The molecule has 1 fully saturated rings. The molecule has 1 unspecified atom stereocenters. The van der Waals surface area contributed by atoms with E-state index in [0.29, 0.717) is 25.9 Å². The van der Waals surface area contributed by atoms with Crippen molar-refractivity contribution in [3.63, 3.8) is 0 Å². The number of aromatic nitrogens is 1. The van der Waals surface area contributed by atoms with Crippen molar-refractivity contribution in [3.05, 3.63) is 47.7 Å². The van der Waals surface area contributed by atoms with Gasteiger partial charge in [0, 0.05) is 36.4 Å². The van der Waals surface area contributed by atoms with Crippen LogP contribution in [0.5, 0.6) is 0 Å². The van der Waals surface area contributed by atoms with Gasteiger partial charge in [-0.15, -0.1) is 0 Å². The van der Waals surface area contributed by atoms with Crippen LogP contribution in [0.3, 0.4) is 0 Å². The molecule has 1 aliphatic heterocycles. The van der Waals surface area contributed by atoms with Crippen LogP contribution in [-0.4, -0.2) is 47.0 Å². The van der Waals surface area contributed by atoms with Crippen LogP contribution >= 0.6 is 0 Å². The lowest BCUT2D eigenvalue weighted by atomic mass is 9.97. The van der Waals surface area contributed by atoms with Gasteiger partial charge in [0.15, 0.2) is 5.92 Å². The Hall–Kier alpha value is -3.22. The van der Waals surface area contributed by atoms with Crippen LogP contribution in [0.2, 0.25) is 0 Å². The summed E-state index contributed by atoms with van der Waals surface area (Å²) in [6.07, 6.45) is 11.3. The normalized spacial score (nSPS) is 20.1. The Morgan fingerprint density at radius 2 is 2.00 bits per heavy atom. The van der Waals surface area contributed by atoms with Crippen molar-refractivity contribution in [2.75, 3.05) is 13.1 Å². The number of fused-ring (bicyclic) bond motifs is 1. The number of hydrogen-bond donors (Lipinski definition) is 2. The zero-order valence-electron chi connectivity index (χ0n) is 16.9. The molecule has 0 bridgehead atoms. The molecular formula is C23H26N4O3. The van der Waals surface area contributed by atoms with Gasteiger partial charge >= 0.3 is 6.03 Å². The number of H-pyrrole nitrogens is 1. The topological polar surface area (TPSA) is 94.6 Å². The van der Waals surface area contributed by atoms with Gasteiger partial charge in [-0.05, 0) is 50.2 Å². The summed E-state index contributed by atoms with van der Waals surface area (Å²) in [6.45, 7) is 0.753. The molecule has 1 aliphatic carbocycles. The van der Waals surface area contributed by atoms with E-state index < -0.39 is 23.8 Å². The van der Waals surface area contributed by atoms with E-state index in [4.69, 9.17) is 0 Å². The predicted molar refractivity (Wildman–Crippen MR) is 115 cm³/mol. The van der Waals surface area contributed by atoms with Gasteiger partial charge in [-0.2, -0.15) is 0 Å². The maximum Gasteiger partial charge on any atom is 0.330 e. The molecule has 2 heterocycles. The first-order chi connectivity index (χ1) is 14.6. The highest BCUT2D eigenvalue weighted by Gasteiger charge is 2.39. The first kappa shape index (κ1) is 20.1. The highest BCUT2D eigenvalue weighted by molar-refractivity contribution is 6.23. The van der Waals surface area contributed by atoms with E-state index in [9.17, 15) is 14.4 Å². The molecule has 156 valence electrons. The van der Waals surface area contributed by atoms with E-state index in [-0.39, 0.29) is 0 Å². The minimum Gasteiger partial charge on any atom is -0.361 e. The predicted octanol–water partition coefficient (Wildman–Crippen LogP) is 3.37. The SMILES string of the molecule is O=C1NC(=O)N(CCC2=CCCCC2)C(=O)C1C=NCCc1c[nH]c2ccccc12. The molecule has 7 nitrogen and oxygen atoms in total. The summed E-state index contributed by atoms with van der Waals surface area (Å²) in [5.41, 5.74) is 3.49. The standard InChI is InChI=1S/C23H26N4O3/c28-21-19(15-24-12-10-17-14-25-20-9-5-4-8-18(17)20)22(29)27(23(30)26-21)13-11-16-6-2-1-3-7-16/h4-6,8-9,14-15,19,25H,1-3,7,10-13H2,(H,26,28,30). The molecule has 4 rings (SSSR count). The molecule has 2 aliphatic rings. The minimum atomic E-state index is -1.05. The number of imide groups is 2. The van der Waals surface area contributed by atoms with Gasteiger partial charge in [0.05, 0.1) is 0 Å². The third-order valence-electron chi connectivity index (χ3n) is 5.77. The van der Waals surface area contributed by atoms with E-state index >= 15 is 0 Å². The van der Waals surface area contributed by atoms with E-state index in [1.807, 2.05) is 30.5 Å². The molecule has 7 heteroatoms. The van der Waals surface area contributed by atoms with E-state index in [1.165, 1.54) is 18.2 Å². The number of carbonyl (C=O) groups is 3. The average molecular weight is 406 g/mol. The summed E-state index contributed by atoms with van der Waals surface area (Å²) in [6, 6.07) is 7.40. The number of aliphatic imine (C=N–C) groups is 1. The van der Waals surface area contributed by atoms with Crippen LogP contribution in [0.1, 0.15) is 37.7 Å². The highest BCUT2D eigenvalue weighted by Crippen LogP contribution is 2.21. The zero-order chi connectivity index (χ0) is 20.9. The van der Waals surface area contributed by atoms with Crippen molar-refractivity contribution in [2.45, 2.75) is 38.5 Å². The van der Waals surface area contributed by atoms with Gasteiger partial charge in [-0.25, -0.2) is 4.79 Å². The number of allylic oxidation sites excluding steroid dienone is 1. The van der Waals surface area contributed by atoms with Gasteiger partial charge in [0.1, 0.15) is 0 Å². The number of hydrogen-bond acceptors (Lipinski definition) is 4. The largest absolute Gasteiger partial charge is 0.361 e. The van der Waals surface area contributed by atoms with Crippen molar-refractivity contribution in [1.82, 2.24) is 15.2 Å². The van der Waals surface area contributed by atoms with Gasteiger partial charge in [-0.3, -0.25) is 24.8 Å². The first-order valence-corrected chi connectivity index (χ1v) is 10.5. The van der Waals surface area contributed by atoms with Gasteiger partial charge in [0.25, 0.3) is 0 Å². The fourth-order valence-corrected chi connectivity index (χ4v) is 4.06. The highest BCUT2D eigenvalue weighted by atomic mass is 16.2. The number of nitrogens with zero attached hydrogens (tertiary/aromatic N) is 2. The molecule has 0 radical (unpaired) electrons. The molecule has 1 aromatic carbocycles. The fraction of sp³-hybridized carbons (Fsp3) is 0.391. The van der Waals surface area contributed by atoms with Gasteiger partial charge in [-0.1, -0.05) is 29.8 Å². The quantitative estimate of drug-likeness (QED) is 0.419. The molecular weight excluding hydrogens is 380 g/mol. The lowest BCUT2D eigenvalue weighted by Gasteiger charge is -2.29. The second-order valence-electron chi connectivity index (χ2n) is 7.78. The monoisotopic (exact) mass is 406 g/mol. The molecule has 2 aromatic rings. The molecule has 2 N–H and O–H groups in total. The Balaban J connectivity index is 1.36. The van der Waals surface area contributed by atoms with Crippen molar-refractivity contribution >= 4 is 35.0 Å². The first-order valence-electron chi connectivity index (χ1n) is 10.5. The number of para-hydroxylation sites is 1. The average Bonchev–Trinajstić information content (AvgIpc) is 3.16. The second-order valence-corrected chi connectivity index (χ2v) is 7.78. The van der Waals surface area contributed by atoms with E-state index in [1.54, 1.807) is 0 Å². The number of urea groups is 1. The fourth-order valence-electron chi connectivity index (χ4n) is 4.06. The van der Waals surface area contributed by atoms with Crippen LogP contribution in [0, 0.1) is 5.92 Å². The number of benzene rings is 1. The van der Waals surface area contributed by atoms with E-state index in [2.05, 4.69) is 21.4 Å². The van der Waals surface area contributed by atoms with Crippen LogP contribution in [0.25, 0.3) is 10.9 Å². The number of barbiturate groups is 1. The third kappa shape index (κ3) is 4.35. The summed E-state index contributed by atoms with van der Waals surface area (Å²) in [5, 5.41) is 3.43. The Morgan fingerprint density at radius 1 is 1.13 bits per heavy atom. The maximum atomic E-state index is 12.7. The summed E-state index contributed by atoms with van der Waals surface area (Å²) in [5.74, 6) is -2.14. The lowest BCUT2D eigenvalue weighted by molar-refractivity contribution is -0.139. The van der Waals surface area contributed by atoms with Crippen LogP contribution in [-0.2, 0) is 16.0 Å². The number of rotatable bonds is 7. The lowest BCUT2D eigenvalue weighted by Crippen LogP contribution is -2.58. The number of aromatic amines is 1. The second kappa shape index (κ2) is 9.07. The Labute approximate surface area is 175 Å². The zero-order valence-corrected chi connectivity index (χ0v) is 16.9. The Morgan fingerprint density at radius 3 is 2.83 bits per heavy atom. The summed E-state index contributed by atoms with van der Waals surface area (Å²) < 4.78 is 0. The Kier molecular flexibility index (Phi) is 6.07. The summed E-state index contributed by atoms with van der Waals surface area (Å²) in [7, 11) is 0. The molecule has 1 atom stereocenters. The smallest absolute Gasteiger partial charge is 0.330 e. The van der Waals surface area contributed by atoms with Crippen molar-refractivity contribution < 1.29 is 14.4 Å². The van der Waals surface area contributed by atoms with Crippen LogP contribution in [0.4, 0.5) is 4.79 Å². The molecule has 1 aromatic heterocycles. The number of carbonyl (C=O) groups excluding carboxylic acids is 3.